The predicted octanol–water partition coefficient (Wildman–Crippen LogP) is 4.01. The van der Waals surface area contributed by atoms with Gasteiger partial charge in [-0.1, -0.05) is 35.9 Å². The number of nitrogens with one attached hydrogen (secondary N) is 1. The van der Waals surface area contributed by atoms with Gasteiger partial charge in [-0.15, -0.1) is 0 Å². The van der Waals surface area contributed by atoms with E-state index in [-0.39, 0.29) is 11.8 Å². The van der Waals surface area contributed by atoms with Crippen molar-refractivity contribution in [2.24, 2.45) is 0 Å². The largest absolute Gasteiger partial charge is 0.497 e. The zero-order chi connectivity index (χ0) is 17.4. The topological polar surface area (TPSA) is 56.1 Å². The van der Waals surface area contributed by atoms with E-state index in [1.807, 2.05) is 42.5 Å². The Bertz CT molecular complexity index is 934. The van der Waals surface area contributed by atoms with Crippen LogP contribution in [0.1, 0.15) is 23.5 Å². The standard InChI is InChI=1S/C19H16ClN3O2/c1-25-13-8-6-12(7-9-13)14-10-18(24)22-19-15(14)11-21-23(19)17-5-3-2-4-16(17)20/h2-9,11,14H,10H2,1H3,(H,22,24). The maximum absolute atomic E-state index is 12.3. The number of carbonyl (C=O) groups is 1. The van der Waals surface area contributed by atoms with Gasteiger partial charge in [0.15, 0.2) is 0 Å². The molecule has 0 saturated heterocycles. The van der Waals surface area contributed by atoms with Crippen LogP contribution in [-0.2, 0) is 4.79 Å². The monoisotopic (exact) mass is 353 g/mol. The highest BCUT2D eigenvalue weighted by Crippen LogP contribution is 2.39. The molecule has 1 aromatic heterocycles. The summed E-state index contributed by atoms with van der Waals surface area (Å²) >= 11 is 6.29. The summed E-state index contributed by atoms with van der Waals surface area (Å²) in [4.78, 5) is 12.3. The molecule has 6 heteroatoms. The van der Waals surface area contributed by atoms with Gasteiger partial charge in [-0.2, -0.15) is 5.10 Å². The van der Waals surface area contributed by atoms with Crippen LogP contribution in [0.25, 0.3) is 5.69 Å². The number of nitrogens with zero attached hydrogens (tertiary/aromatic N) is 2. The van der Waals surface area contributed by atoms with E-state index in [1.54, 1.807) is 24.1 Å². The zero-order valence-electron chi connectivity index (χ0n) is 13.6. The molecule has 1 unspecified atom stereocenters. The number of carbonyl (C=O) groups excluding carboxylic acids is 1. The minimum atomic E-state index is -0.0501. The summed E-state index contributed by atoms with van der Waals surface area (Å²) in [7, 11) is 1.63. The molecule has 1 aliphatic rings. The maximum atomic E-state index is 12.3. The van der Waals surface area contributed by atoms with Crippen LogP contribution < -0.4 is 10.1 Å². The zero-order valence-corrected chi connectivity index (χ0v) is 14.3. The average molecular weight is 354 g/mol. The number of ether oxygens (including phenoxy) is 1. The number of halogens is 1. The fourth-order valence-electron chi connectivity index (χ4n) is 3.16. The molecule has 0 radical (unpaired) electrons. The highest BCUT2D eigenvalue weighted by atomic mass is 35.5. The molecule has 2 aromatic carbocycles. The second-order valence-corrected chi connectivity index (χ2v) is 6.30. The van der Waals surface area contributed by atoms with Crippen LogP contribution >= 0.6 is 11.6 Å². The second-order valence-electron chi connectivity index (χ2n) is 5.89. The molecule has 0 saturated carbocycles. The smallest absolute Gasteiger partial charge is 0.226 e. The van der Waals surface area contributed by atoms with E-state index in [9.17, 15) is 4.79 Å². The van der Waals surface area contributed by atoms with Crippen molar-refractivity contribution in [1.29, 1.82) is 0 Å². The van der Waals surface area contributed by atoms with Crippen LogP contribution in [0.2, 0.25) is 5.02 Å². The Morgan fingerprint density at radius 3 is 2.68 bits per heavy atom. The minimum Gasteiger partial charge on any atom is -0.497 e. The maximum Gasteiger partial charge on any atom is 0.226 e. The van der Waals surface area contributed by atoms with Crippen LogP contribution in [0, 0.1) is 0 Å². The van der Waals surface area contributed by atoms with Crippen molar-refractivity contribution in [2.45, 2.75) is 12.3 Å². The van der Waals surface area contributed by atoms with Crippen LogP contribution in [0.4, 0.5) is 5.82 Å². The summed E-state index contributed by atoms with van der Waals surface area (Å²) < 4.78 is 6.90. The number of rotatable bonds is 3. The first-order chi connectivity index (χ1) is 12.2. The molecule has 0 spiro atoms. The average Bonchev–Trinajstić information content (AvgIpc) is 3.05. The number of hydrogen-bond acceptors (Lipinski definition) is 3. The minimum absolute atomic E-state index is 0.0397. The fourth-order valence-corrected chi connectivity index (χ4v) is 3.38. The van der Waals surface area contributed by atoms with E-state index in [4.69, 9.17) is 16.3 Å². The van der Waals surface area contributed by atoms with Crippen molar-refractivity contribution in [1.82, 2.24) is 9.78 Å². The molecule has 5 nitrogen and oxygen atoms in total. The lowest BCUT2D eigenvalue weighted by Gasteiger charge is -2.24. The number of benzene rings is 2. The predicted molar refractivity (Wildman–Crippen MR) is 96.7 cm³/mol. The summed E-state index contributed by atoms with van der Waals surface area (Å²) in [6.07, 6.45) is 2.18. The molecule has 2 heterocycles. The van der Waals surface area contributed by atoms with Gasteiger partial charge in [-0.05, 0) is 29.8 Å². The fraction of sp³-hybridized carbons (Fsp3) is 0.158. The van der Waals surface area contributed by atoms with E-state index in [2.05, 4.69) is 10.4 Å². The van der Waals surface area contributed by atoms with Gasteiger partial charge < -0.3 is 10.1 Å². The molecule has 25 heavy (non-hydrogen) atoms. The molecule has 0 aliphatic carbocycles. The third kappa shape index (κ3) is 2.76. The first kappa shape index (κ1) is 15.7. The normalized spacial score (nSPS) is 16.2. The van der Waals surface area contributed by atoms with Crippen LogP contribution in [0.3, 0.4) is 0 Å². The molecule has 1 atom stereocenters. The van der Waals surface area contributed by atoms with Crippen LogP contribution in [-0.4, -0.2) is 22.8 Å². The Balaban J connectivity index is 1.80. The van der Waals surface area contributed by atoms with Crippen molar-refractivity contribution in [3.63, 3.8) is 0 Å². The van der Waals surface area contributed by atoms with Crippen molar-refractivity contribution in [2.75, 3.05) is 12.4 Å². The lowest BCUT2D eigenvalue weighted by molar-refractivity contribution is -0.116. The first-order valence-electron chi connectivity index (χ1n) is 7.94. The van der Waals surface area contributed by atoms with Gasteiger partial charge in [0.05, 0.1) is 24.0 Å². The van der Waals surface area contributed by atoms with E-state index < -0.39 is 0 Å². The third-order valence-corrected chi connectivity index (χ3v) is 4.74. The van der Waals surface area contributed by atoms with Gasteiger partial charge in [0.2, 0.25) is 5.91 Å². The number of hydrogen-bond donors (Lipinski definition) is 1. The van der Waals surface area contributed by atoms with Crippen molar-refractivity contribution in [3.8, 4) is 11.4 Å². The summed E-state index contributed by atoms with van der Waals surface area (Å²) in [5.41, 5.74) is 2.77. The van der Waals surface area contributed by atoms with Gasteiger partial charge in [0, 0.05) is 17.9 Å². The molecular weight excluding hydrogens is 338 g/mol. The van der Waals surface area contributed by atoms with Crippen molar-refractivity contribution >= 4 is 23.3 Å². The summed E-state index contributed by atoms with van der Waals surface area (Å²) in [6, 6.07) is 15.2. The lowest BCUT2D eigenvalue weighted by Crippen LogP contribution is -2.24. The number of fused-ring (bicyclic) bond motifs is 1. The number of amides is 1. The van der Waals surface area contributed by atoms with E-state index >= 15 is 0 Å². The van der Waals surface area contributed by atoms with Crippen LogP contribution in [0.15, 0.2) is 54.7 Å². The Kier molecular flexibility index (Phi) is 3.93. The number of methoxy groups -OCH3 is 1. The highest BCUT2D eigenvalue weighted by molar-refractivity contribution is 6.32. The second kappa shape index (κ2) is 6.26. The van der Waals surface area contributed by atoms with Gasteiger partial charge in [0.1, 0.15) is 11.6 Å². The summed E-state index contributed by atoms with van der Waals surface area (Å²) in [5, 5.41) is 7.98. The molecule has 3 aromatic rings. The van der Waals surface area contributed by atoms with Crippen molar-refractivity contribution < 1.29 is 9.53 Å². The van der Waals surface area contributed by atoms with E-state index in [1.165, 1.54) is 0 Å². The summed E-state index contributed by atoms with van der Waals surface area (Å²) in [6.45, 7) is 0. The SMILES string of the molecule is COc1ccc(C2CC(=O)Nc3c2cnn3-c2ccccc2Cl)cc1. The molecule has 126 valence electrons. The molecule has 4 rings (SSSR count). The third-order valence-electron chi connectivity index (χ3n) is 4.42. The Labute approximate surface area is 150 Å². The van der Waals surface area contributed by atoms with Crippen LogP contribution in [0.5, 0.6) is 5.75 Å². The molecular formula is C19H16ClN3O2. The molecule has 1 aliphatic heterocycles. The van der Waals surface area contributed by atoms with Gasteiger partial charge in [-0.25, -0.2) is 4.68 Å². The molecule has 1 N–H and O–H groups in total. The van der Waals surface area contributed by atoms with Gasteiger partial charge in [-0.3, -0.25) is 4.79 Å². The Morgan fingerprint density at radius 1 is 1.20 bits per heavy atom. The Morgan fingerprint density at radius 2 is 1.96 bits per heavy atom. The number of aromatic nitrogens is 2. The first-order valence-corrected chi connectivity index (χ1v) is 8.32. The molecule has 0 fully saturated rings. The lowest BCUT2D eigenvalue weighted by atomic mass is 9.87. The van der Waals surface area contributed by atoms with Gasteiger partial charge >= 0.3 is 0 Å². The summed E-state index contributed by atoms with van der Waals surface area (Å²) in [5.74, 6) is 1.37. The van der Waals surface area contributed by atoms with E-state index in [0.717, 1.165) is 22.6 Å². The molecule has 0 bridgehead atoms. The molecule has 1 amide bonds. The number of para-hydroxylation sites is 1. The van der Waals surface area contributed by atoms with E-state index in [0.29, 0.717) is 17.3 Å². The van der Waals surface area contributed by atoms with Crippen molar-refractivity contribution in [3.05, 3.63) is 70.9 Å². The number of anilines is 1. The highest BCUT2D eigenvalue weighted by Gasteiger charge is 2.30. The van der Waals surface area contributed by atoms with Gasteiger partial charge in [0.25, 0.3) is 0 Å². The quantitative estimate of drug-likeness (QED) is 0.774. The Hall–Kier alpha value is -2.79.